The third-order valence-corrected chi connectivity index (χ3v) is 6.62. The lowest BCUT2D eigenvalue weighted by Crippen LogP contribution is -2.71. The summed E-state index contributed by atoms with van der Waals surface area (Å²) in [4.78, 5) is 42.2. The maximum absolute atomic E-state index is 13.1. The summed E-state index contributed by atoms with van der Waals surface area (Å²) in [5.74, 6) is -0.0936. The molecule has 3 aliphatic rings. The number of carbonyl (C=O) groups is 3. The molecule has 3 fully saturated rings. The molecule has 7 nitrogen and oxygen atoms in total. The van der Waals surface area contributed by atoms with Crippen molar-refractivity contribution in [2.45, 2.75) is 63.8 Å². The van der Waals surface area contributed by atoms with E-state index in [1.807, 2.05) is 37.3 Å². The Hall–Kier alpha value is -2.41. The maximum Gasteiger partial charge on any atom is 0.248 e. The normalized spacial score (nSPS) is 26.2. The second-order valence-corrected chi connectivity index (χ2v) is 8.65. The van der Waals surface area contributed by atoms with Crippen molar-refractivity contribution in [1.82, 2.24) is 15.1 Å². The Kier molecular flexibility index (Phi) is 6.37. The molecule has 3 atom stereocenters. The van der Waals surface area contributed by atoms with Gasteiger partial charge in [0.05, 0.1) is 19.3 Å². The van der Waals surface area contributed by atoms with Crippen molar-refractivity contribution in [3.63, 3.8) is 0 Å². The zero-order valence-corrected chi connectivity index (χ0v) is 17.6. The van der Waals surface area contributed by atoms with Crippen LogP contribution in [0.2, 0.25) is 0 Å². The summed E-state index contributed by atoms with van der Waals surface area (Å²) in [6.07, 6.45) is 4.83. The van der Waals surface area contributed by atoms with E-state index in [0.29, 0.717) is 26.2 Å². The van der Waals surface area contributed by atoms with Gasteiger partial charge in [-0.05, 0) is 25.3 Å². The van der Waals surface area contributed by atoms with Crippen molar-refractivity contribution < 1.29 is 19.1 Å². The first-order valence-corrected chi connectivity index (χ1v) is 11.1. The Morgan fingerprint density at radius 1 is 1.13 bits per heavy atom. The number of amides is 3. The fourth-order valence-corrected chi connectivity index (χ4v) is 4.79. The minimum atomic E-state index is -0.696. The molecular formula is C23H31N3O4. The van der Waals surface area contributed by atoms with Gasteiger partial charge in [-0.3, -0.25) is 14.4 Å². The lowest BCUT2D eigenvalue weighted by Gasteiger charge is -2.46. The standard InChI is InChI=1S/C23H31N3O4/c1-16(30-15-17-8-4-2-5-9-17)20-23(29)26-13-12-25(14-19(26)21(27)24-20)22(28)18-10-6-3-7-11-18/h2,4-5,8-9,16,18-20H,3,6-7,10-15H2,1H3,(H,24,27)/t16-,19+,20-/m0/s1. The maximum atomic E-state index is 13.1. The number of hydrogen-bond donors (Lipinski definition) is 1. The molecule has 1 saturated carbocycles. The molecule has 1 aliphatic carbocycles. The lowest BCUT2D eigenvalue weighted by molar-refractivity contribution is -0.160. The molecule has 7 heteroatoms. The van der Waals surface area contributed by atoms with Gasteiger partial charge in [-0.25, -0.2) is 0 Å². The number of piperazine rings is 2. The van der Waals surface area contributed by atoms with Gasteiger partial charge >= 0.3 is 0 Å². The summed E-state index contributed by atoms with van der Waals surface area (Å²) in [6, 6.07) is 8.45. The molecule has 1 aromatic carbocycles. The Morgan fingerprint density at radius 3 is 2.60 bits per heavy atom. The summed E-state index contributed by atoms with van der Waals surface area (Å²) in [5.41, 5.74) is 1.02. The summed E-state index contributed by atoms with van der Waals surface area (Å²) in [7, 11) is 0. The van der Waals surface area contributed by atoms with Crippen molar-refractivity contribution in [2.75, 3.05) is 19.6 Å². The van der Waals surface area contributed by atoms with Gasteiger partial charge in [0.1, 0.15) is 12.1 Å². The van der Waals surface area contributed by atoms with Crippen molar-refractivity contribution in [1.29, 1.82) is 0 Å². The van der Waals surface area contributed by atoms with Crippen LogP contribution in [0.25, 0.3) is 0 Å². The third kappa shape index (κ3) is 4.36. The van der Waals surface area contributed by atoms with Gasteiger partial charge in [0, 0.05) is 19.0 Å². The van der Waals surface area contributed by atoms with E-state index in [-0.39, 0.29) is 23.6 Å². The van der Waals surface area contributed by atoms with Gasteiger partial charge in [0.25, 0.3) is 0 Å². The zero-order valence-electron chi connectivity index (χ0n) is 17.6. The van der Waals surface area contributed by atoms with Crippen LogP contribution in [0.3, 0.4) is 0 Å². The van der Waals surface area contributed by atoms with E-state index in [2.05, 4.69) is 5.32 Å². The van der Waals surface area contributed by atoms with E-state index in [1.54, 1.807) is 9.80 Å². The molecule has 1 aromatic rings. The quantitative estimate of drug-likeness (QED) is 0.797. The van der Waals surface area contributed by atoms with Crippen LogP contribution in [0, 0.1) is 5.92 Å². The molecule has 162 valence electrons. The Bertz CT molecular complexity index is 778. The van der Waals surface area contributed by atoms with Gasteiger partial charge in [0.2, 0.25) is 17.7 Å². The fourth-order valence-electron chi connectivity index (χ4n) is 4.79. The Morgan fingerprint density at radius 2 is 1.87 bits per heavy atom. The van der Waals surface area contributed by atoms with Gasteiger partial charge in [0.15, 0.2) is 0 Å². The number of rotatable bonds is 5. The third-order valence-electron chi connectivity index (χ3n) is 6.62. The number of nitrogens with zero attached hydrogens (tertiary/aromatic N) is 2. The van der Waals surface area contributed by atoms with Crippen LogP contribution in [0.4, 0.5) is 0 Å². The highest BCUT2D eigenvalue weighted by atomic mass is 16.5. The van der Waals surface area contributed by atoms with Crippen molar-refractivity contribution in [2.24, 2.45) is 5.92 Å². The van der Waals surface area contributed by atoms with Crippen LogP contribution < -0.4 is 5.32 Å². The topological polar surface area (TPSA) is 79.0 Å². The lowest BCUT2D eigenvalue weighted by atomic mass is 9.88. The van der Waals surface area contributed by atoms with Crippen molar-refractivity contribution in [3.8, 4) is 0 Å². The molecule has 0 unspecified atom stereocenters. The average molecular weight is 414 g/mol. The van der Waals surface area contributed by atoms with E-state index in [4.69, 9.17) is 4.74 Å². The van der Waals surface area contributed by atoms with Crippen LogP contribution in [-0.2, 0) is 25.7 Å². The van der Waals surface area contributed by atoms with E-state index in [1.165, 1.54) is 6.42 Å². The Labute approximate surface area is 177 Å². The van der Waals surface area contributed by atoms with Crippen LogP contribution in [0.5, 0.6) is 0 Å². The Balaban J connectivity index is 1.36. The number of benzene rings is 1. The minimum absolute atomic E-state index is 0.0758. The molecule has 2 saturated heterocycles. The van der Waals surface area contributed by atoms with E-state index >= 15 is 0 Å². The number of hydrogen-bond acceptors (Lipinski definition) is 4. The first-order valence-electron chi connectivity index (χ1n) is 11.1. The summed E-state index contributed by atoms with van der Waals surface area (Å²) in [6.45, 7) is 3.39. The van der Waals surface area contributed by atoms with Gasteiger partial charge in [-0.2, -0.15) is 0 Å². The van der Waals surface area contributed by atoms with Crippen molar-refractivity contribution >= 4 is 17.7 Å². The monoisotopic (exact) mass is 413 g/mol. The summed E-state index contributed by atoms with van der Waals surface area (Å²) >= 11 is 0. The SMILES string of the molecule is C[C@H](OCc1ccccc1)[C@@H]1NC(=O)[C@H]2CN(C(=O)C3CCCCC3)CCN2C1=O. The predicted molar refractivity (Wildman–Crippen MR) is 111 cm³/mol. The molecule has 1 N–H and O–H groups in total. The smallest absolute Gasteiger partial charge is 0.248 e. The fraction of sp³-hybridized carbons (Fsp3) is 0.609. The van der Waals surface area contributed by atoms with Crippen molar-refractivity contribution in [3.05, 3.63) is 35.9 Å². The van der Waals surface area contributed by atoms with Crippen LogP contribution in [0.15, 0.2) is 30.3 Å². The van der Waals surface area contributed by atoms with Gasteiger partial charge < -0.3 is 19.9 Å². The summed E-state index contributed by atoms with van der Waals surface area (Å²) in [5, 5.41) is 2.85. The highest BCUT2D eigenvalue weighted by molar-refractivity contribution is 5.98. The number of nitrogens with one attached hydrogen (secondary N) is 1. The van der Waals surface area contributed by atoms with Gasteiger partial charge in [-0.1, -0.05) is 49.6 Å². The second kappa shape index (κ2) is 9.16. The van der Waals surface area contributed by atoms with E-state index < -0.39 is 18.2 Å². The molecular weight excluding hydrogens is 382 g/mol. The van der Waals surface area contributed by atoms with Crippen LogP contribution in [-0.4, -0.2) is 65.3 Å². The van der Waals surface area contributed by atoms with Crippen LogP contribution in [0.1, 0.15) is 44.6 Å². The number of carbonyl (C=O) groups excluding carboxylic acids is 3. The largest absolute Gasteiger partial charge is 0.371 e. The van der Waals surface area contributed by atoms with Gasteiger partial charge in [-0.15, -0.1) is 0 Å². The van der Waals surface area contributed by atoms with E-state index in [9.17, 15) is 14.4 Å². The molecule has 4 rings (SSSR count). The predicted octanol–water partition coefficient (Wildman–Crippen LogP) is 1.71. The average Bonchev–Trinajstić information content (AvgIpc) is 2.80. The highest BCUT2D eigenvalue weighted by Crippen LogP contribution is 2.27. The first-order chi connectivity index (χ1) is 14.5. The number of fused-ring (bicyclic) bond motifs is 1. The molecule has 0 radical (unpaired) electrons. The van der Waals surface area contributed by atoms with E-state index in [0.717, 1.165) is 31.2 Å². The zero-order chi connectivity index (χ0) is 21.1. The number of ether oxygens (including phenoxy) is 1. The second-order valence-electron chi connectivity index (χ2n) is 8.65. The molecule has 3 amide bonds. The van der Waals surface area contributed by atoms with Crippen LogP contribution >= 0.6 is 0 Å². The molecule has 0 spiro atoms. The minimum Gasteiger partial charge on any atom is -0.371 e. The highest BCUT2D eigenvalue weighted by Gasteiger charge is 2.46. The summed E-state index contributed by atoms with van der Waals surface area (Å²) < 4.78 is 5.88. The molecule has 0 aromatic heterocycles. The molecule has 2 heterocycles. The first kappa shape index (κ1) is 20.8. The molecule has 30 heavy (non-hydrogen) atoms. The molecule has 2 aliphatic heterocycles. The molecule has 0 bridgehead atoms.